The first-order valence-corrected chi connectivity index (χ1v) is 8.42. The van der Waals surface area contributed by atoms with Gasteiger partial charge in [-0.1, -0.05) is 72.8 Å². The quantitative estimate of drug-likeness (QED) is 0.496. The van der Waals surface area contributed by atoms with Gasteiger partial charge in [-0.2, -0.15) is 10.2 Å². The Bertz CT molecular complexity index is 942. The van der Waals surface area contributed by atoms with Gasteiger partial charge in [0.2, 0.25) is 0 Å². The van der Waals surface area contributed by atoms with Gasteiger partial charge in [0.25, 0.3) is 0 Å². The van der Waals surface area contributed by atoms with E-state index in [0.29, 0.717) is 5.56 Å². The first-order valence-electron chi connectivity index (χ1n) is 8.42. The molecule has 0 heterocycles. The van der Waals surface area contributed by atoms with Gasteiger partial charge in [-0.25, -0.2) is 0 Å². The van der Waals surface area contributed by atoms with Gasteiger partial charge in [-0.3, -0.25) is 0 Å². The monoisotopic (exact) mass is 340 g/mol. The molecule has 0 fully saturated rings. The van der Waals surface area contributed by atoms with Crippen LogP contribution in [-0.2, 0) is 0 Å². The van der Waals surface area contributed by atoms with Crippen LogP contribution < -0.4 is 0 Å². The molecular weight excluding hydrogens is 320 g/mol. The highest BCUT2D eigenvalue weighted by Crippen LogP contribution is 2.16. The highest BCUT2D eigenvalue weighted by atomic mass is 16.3. The van der Waals surface area contributed by atoms with Crippen LogP contribution in [0.2, 0.25) is 0 Å². The minimum absolute atomic E-state index is 0.184. The molecule has 0 saturated carbocycles. The maximum absolute atomic E-state index is 9.84. The van der Waals surface area contributed by atoms with Crippen LogP contribution in [0, 0.1) is 0 Å². The van der Waals surface area contributed by atoms with Crippen molar-refractivity contribution in [2.45, 2.75) is 6.92 Å². The topological polar surface area (TPSA) is 45.0 Å². The Hall–Kier alpha value is -3.46. The van der Waals surface area contributed by atoms with Crippen molar-refractivity contribution in [2.75, 3.05) is 0 Å². The van der Waals surface area contributed by atoms with Crippen LogP contribution in [0.1, 0.15) is 23.6 Å². The zero-order chi connectivity index (χ0) is 18.2. The molecule has 0 aromatic heterocycles. The number of aromatic hydroxyl groups is 1. The molecule has 0 amide bonds. The van der Waals surface area contributed by atoms with Crippen molar-refractivity contribution in [1.82, 2.24) is 0 Å². The molecule has 0 radical (unpaired) electrons. The zero-order valence-corrected chi connectivity index (χ0v) is 14.6. The number of rotatable bonds is 5. The SMILES string of the molecule is C\C(=C/C(=N/N=C\c1ccccc1O)c1ccccc1)c1ccccc1. The molecule has 0 aliphatic heterocycles. The summed E-state index contributed by atoms with van der Waals surface area (Å²) in [6.07, 6.45) is 3.58. The lowest BCUT2D eigenvalue weighted by molar-refractivity contribution is 0.474. The van der Waals surface area contributed by atoms with Crippen molar-refractivity contribution in [3.8, 4) is 5.75 Å². The van der Waals surface area contributed by atoms with Gasteiger partial charge in [0.1, 0.15) is 5.75 Å². The smallest absolute Gasteiger partial charge is 0.124 e. The summed E-state index contributed by atoms with van der Waals surface area (Å²) in [7, 11) is 0. The molecule has 0 atom stereocenters. The molecule has 0 spiro atoms. The van der Waals surface area contributed by atoms with Crippen molar-refractivity contribution in [1.29, 1.82) is 0 Å². The Morgan fingerprint density at radius 1 is 0.769 bits per heavy atom. The normalized spacial score (nSPS) is 12.5. The van der Waals surface area contributed by atoms with Gasteiger partial charge in [0, 0.05) is 11.1 Å². The Balaban J connectivity index is 1.95. The molecule has 0 aliphatic carbocycles. The maximum Gasteiger partial charge on any atom is 0.124 e. The number of hydrogen-bond donors (Lipinski definition) is 1. The Labute approximate surface area is 153 Å². The molecule has 0 saturated heterocycles. The first kappa shape index (κ1) is 17.4. The third-order valence-corrected chi connectivity index (χ3v) is 3.95. The van der Waals surface area contributed by atoms with E-state index in [0.717, 1.165) is 22.4 Å². The summed E-state index contributed by atoms with van der Waals surface area (Å²) in [4.78, 5) is 0. The number of nitrogens with zero attached hydrogens (tertiary/aromatic N) is 2. The highest BCUT2D eigenvalue weighted by Gasteiger charge is 2.03. The summed E-state index contributed by atoms with van der Waals surface area (Å²) in [5.74, 6) is 0.184. The number of allylic oxidation sites excluding steroid dienone is 2. The first-order chi connectivity index (χ1) is 12.7. The summed E-state index contributed by atoms with van der Waals surface area (Å²) in [6, 6.07) is 27.1. The van der Waals surface area contributed by atoms with Crippen LogP contribution in [0.25, 0.3) is 5.57 Å². The average molecular weight is 340 g/mol. The summed E-state index contributed by atoms with van der Waals surface area (Å²) < 4.78 is 0. The van der Waals surface area contributed by atoms with E-state index in [1.807, 2.05) is 60.7 Å². The van der Waals surface area contributed by atoms with Gasteiger partial charge in [-0.05, 0) is 36.3 Å². The lowest BCUT2D eigenvalue weighted by atomic mass is 10.0. The minimum atomic E-state index is 0.184. The summed E-state index contributed by atoms with van der Waals surface area (Å²) in [5, 5.41) is 18.4. The van der Waals surface area contributed by atoms with Crippen LogP contribution in [-0.4, -0.2) is 17.0 Å². The van der Waals surface area contributed by atoms with Crippen molar-refractivity contribution >= 4 is 17.5 Å². The summed E-state index contributed by atoms with van der Waals surface area (Å²) in [5.41, 5.74) is 4.62. The lowest BCUT2D eigenvalue weighted by Crippen LogP contribution is -1.97. The fraction of sp³-hybridized carbons (Fsp3) is 0.0435. The van der Waals surface area contributed by atoms with Gasteiger partial charge in [0.15, 0.2) is 0 Å². The van der Waals surface area contributed by atoms with E-state index in [-0.39, 0.29) is 5.75 Å². The predicted octanol–water partition coefficient (Wildman–Crippen LogP) is 5.32. The molecule has 0 bridgehead atoms. The molecule has 3 heteroatoms. The minimum Gasteiger partial charge on any atom is -0.507 e. The largest absolute Gasteiger partial charge is 0.507 e. The average Bonchev–Trinajstić information content (AvgIpc) is 2.70. The number of phenols is 1. The van der Waals surface area contributed by atoms with Gasteiger partial charge in [0.05, 0.1) is 11.9 Å². The molecule has 3 aromatic rings. The van der Waals surface area contributed by atoms with Crippen LogP contribution in [0.5, 0.6) is 5.75 Å². The Morgan fingerprint density at radius 2 is 1.35 bits per heavy atom. The lowest BCUT2D eigenvalue weighted by Gasteiger charge is -2.04. The van der Waals surface area contributed by atoms with E-state index in [1.165, 1.54) is 0 Å². The van der Waals surface area contributed by atoms with Crippen molar-refractivity contribution in [3.05, 3.63) is 108 Å². The summed E-state index contributed by atoms with van der Waals surface area (Å²) in [6.45, 7) is 2.06. The standard InChI is InChI=1S/C23H20N2O/c1-18(19-10-4-2-5-11-19)16-22(20-12-6-3-7-13-20)25-24-17-21-14-8-9-15-23(21)26/h2-17,26H,1H3/b18-16+,24-17-,25-22-. The molecule has 0 unspecified atom stereocenters. The number of phenolic OH excluding ortho intramolecular Hbond substituents is 1. The second-order valence-corrected chi connectivity index (χ2v) is 5.85. The van der Waals surface area contributed by atoms with Gasteiger partial charge in [-0.15, -0.1) is 0 Å². The second kappa shape index (κ2) is 8.58. The van der Waals surface area contributed by atoms with E-state index in [9.17, 15) is 5.11 Å². The molecule has 3 rings (SSSR count). The summed E-state index contributed by atoms with van der Waals surface area (Å²) >= 11 is 0. The molecule has 3 aromatic carbocycles. The van der Waals surface area contributed by atoms with Crippen molar-refractivity contribution in [3.63, 3.8) is 0 Å². The Morgan fingerprint density at radius 3 is 2.00 bits per heavy atom. The van der Waals surface area contributed by atoms with Crippen LogP contribution in [0.4, 0.5) is 0 Å². The number of hydrogen-bond acceptors (Lipinski definition) is 3. The van der Waals surface area contributed by atoms with Crippen molar-refractivity contribution in [2.24, 2.45) is 10.2 Å². The van der Waals surface area contributed by atoms with E-state index in [1.54, 1.807) is 24.4 Å². The van der Waals surface area contributed by atoms with E-state index >= 15 is 0 Å². The highest BCUT2D eigenvalue weighted by molar-refractivity contribution is 6.12. The van der Waals surface area contributed by atoms with Crippen molar-refractivity contribution < 1.29 is 5.11 Å². The number of benzene rings is 3. The fourth-order valence-corrected chi connectivity index (χ4v) is 2.52. The van der Waals surface area contributed by atoms with Crippen LogP contribution in [0.3, 0.4) is 0 Å². The van der Waals surface area contributed by atoms with Gasteiger partial charge >= 0.3 is 0 Å². The van der Waals surface area contributed by atoms with E-state index in [2.05, 4.69) is 29.3 Å². The molecule has 128 valence electrons. The van der Waals surface area contributed by atoms with Crippen LogP contribution >= 0.6 is 0 Å². The zero-order valence-electron chi connectivity index (χ0n) is 14.6. The molecule has 3 nitrogen and oxygen atoms in total. The molecule has 1 N–H and O–H groups in total. The van der Waals surface area contributed by atoms with Gasteiger partial charge < -0.3 is 5.11 Å². The fourth-order valence-electron chi connectivity index (χ4n) is 2.52. The number of para-hydroxylation sites is 1. The Kier molecular flexibility index (Phi) is 5.73. The molecule has 0 aliphatic rings. The van der Waals surface area contributed by atoms with Crippen LogP contribution in [0.15, 0.2) is 101 Å². The maximum atomic E-state index is 9.84. The van der Waals surface area contributed by atoms with E-state index < -0.39 is 0 Å². The third kappa shape index (κ3) is 4.54. The van der Waals surface area contributed by atoms with E-state index in [4.69, 9.17) is 0 Å². The second-order valence-electron chi connectivity index (χ2n) is 5.85. The molecule has 26 heavy (non-hydrogen) atoms. The predicted molar refractivity (Wildman–Crippen MR) is 109 cm³/mol. The third-order valence-electron chi connectivity index (χ3n) is 3.95. The molecular formula is C23H20N2O.